The number of rotatable bonds is 1. The van der Waals surface area contributed by atoms with Crippen LogP contribution in [0.4, 0.5) is 10.1 Å². The largest absolute Gasteiger partial charge is 0.272 e. The summed E-state index contributed by atoms with van der Waals surface area (Å²) in [6, 6.07) is 5.76. The Morgan fingerprint density at radius 1 is 1.46 bits per heavy atom. The van der Waals surface area contributed by atoms with Crippen LogP contribution >= 0.6 is 0 Å². The van der Waals surface area contributed by atoms with Crippen molar-refractivity contribution < 1.29 is 14.0 Å². The van der Waals surface area contributed by atoms with Crippen molar-refractivity contribution in [3.05, 3.63) is 30.1 Å². The van der Waals surface area contributed by atoms with Gasteiger partial charge in [0.15, 0.2) is 0 Å². The van der Waals surface area contributed by atoms with E-state index in [9.17, 15) is 9.18 Å². The summed E-state index contributed by atoms with van der Waals surface area (Å²) < 4.78 is 12.8. The molecule has 0 atom stereocenters. The van der Waals surface area contributed by atoms with Crippen molar-refractivity contribution in [3.63, 3.8) is 0 Å². The van der Waals surface area contributed by atoms with Gasteiger partial charge < -0.3 is 0 Å². The van der Waals surface area contributed by atoms with E-state index in [-0.39, 0.29) is 11.7 Å². The first kappa shape index (κ1) is 8.19. The van der Waals surface area contributed by atoms with Gasteiger partial charge in [-0.25, -0.2) is 4.39 Å². The maximum atomic E-state index is 12.8. The average molecular weight is 181 g/mol. The van der Waals surface area contributed by atoms with Crippen LogP contribution in [-0.4, -0.2) is 12.5 Å². The molecule has 1 saturated heterocycles. The second-order valence-electron chi connectivity index (χ2n) is 2.75. The zero-order valence-electron chi connectivity index (χ0n) is 6.87. The number of amides is 1. The summed E-state index contributed by atoms with van der Waals surface area (Å²) in [6.45, 7) is 0.370. The Morgan fingerprint density at radius 3 is 2.92 bits per heavy atom. The van der Waals surface area contributed by atoms with E-state index in [1.54, 1.807) is 12.1 Å². The van der Waals surface area contributed by atoms with Crippen LogP contribution in [-0.2, 0) is 9.63 Å². The highest BCUT2D eigenvalue weighted by Crippen LogP contribution is 2.20. The minimum atomic E-state index is -0.374. The molecule has 0 radical (unpaired) electrons. The van der Waals surface area contributed by atoms with Crippen LogP contribution in [0.3, 0.4) is 0 Å². The van der Waals surface area contributed by atoms with Gasteiger partial charge in [0, 0.05) is 6.07 Å². The van der Waals surface area contributed by atoms with Crippen LogP contribution in [0.1, 0.15) is 6.42 Å². The molecule has 1 heterocycles. The van der Waals surface area contributed by atoms with Crippen molar-refractivity contribution >= 4 is 11.6 Å². The van der Waals surface area contributed by atoms with Gasteiger partial charge in [-0.15, -0.1) is 0 Å². The molecule has 3 nitrogen and oxygen atoms in total. The lowest BCUT2D eigenvalue weighted by Gasteiger charge is -2.13. The molecule has 0 bridgehead atoms. The van der Waals surface area contributed by atoms with Crippen LogP contribution in [0, 0.1) is 5.82 Å². The number of hydrogen-bond donors (Lipinski definition) is 0. The molecule has 1 aliphatic rings. The lowest BCUT2D eigenvalue weighted by molar-refractivity contribution is -0.119. The lowest BCUT2D eigenvalue weighted by Crippen LogP contribution is -2.22. The Morgan fingerprint density at radius 2 is 2.31 bits per heavy atom. The van der Waals surface area contributed by atoms with Crippen molar-refractivity contribution in [3.8, 4) is 0 Å². The molecule has 0 N–H and O–H groups in total. The van der Waals surface area contributed by atoms with E-state index in [4.69, 9.17) is 4.84 Å². The van der Waals surface area contributed by atoms with Gasteiger partial charge in [0.1, 0.15) is 5.82 Å². The van der Waals surface area contributed by atoms with E-state index in [0.29, 0.717) is 18.7 Å². The van der Waals surface area contributed by atoms with Crippen LogP contribution in [0.25, 0.3) is 0 Å². The SMILES string of the molecule is O=C1CCON1c1cccc(F)c1. The van der Waals surface area contributed by atoms with Crippen LogP contribution in [0.5, 0.6) is 0 Å². The van der Waals surface area contributed by atoms with Gasteiger partial charge >= 0.3 is 0 Å². The quantitative estimate of drug-likeness (QED) is 0.657. The summed E-state index contributed by atoms with van der Waals surface area (Å²) in [5.74, 6) is -0.508. The van der Waals surface area contributed by atoms with E-state index in [1.807, 2.05) is 0 Å². The van der Waals surface area contributed by atoms with Gasteiger partial charge in [-0.05, 0) is 12.1 Å². The molecule has 68 valence electrons. The summed E-state index contributed by atoms with van der Waals surface area (Å²) in [7, 11) is 0. The number of benzene rings is 1. The number of nitrogens with zero attached hydrogens (tertiary/aromatic N) is 1. The minimum Gasteiger partial charge on any atom is -0.272 e. The molecule has 0 unspecified atom stereocenters. The monoisotopic (exact) mass is 181 g/mol. The Bertz CT molecular complexity index is 340. The minimum absolute atomic E-state index is 0.134. The Labute approximate surface area is 74.7 Å². The van der Waals surface area contributed by atoms with Gasteiger partial charge in [-0.2, -0.15) is 5.06 Å². The van der Waals surface area contributed by atoms with E-state index in [1.165, 1.54) is 12.1 Å². The maximum absolute atomic E-state index is 12.8. The number of halogens is 1. The Kier molecular flexibility index (Phi) is 1.98. The number of hydrogen-bond acceptors (Lipinski definition) is 2. The molecule has 0 saturated carbocycles. The molecule has 1 amide bonds. The van der Waals surface area contributed by atoms with Gasteiger partial charge in [0.25, 0.3) is 5.91 Å². The van der Waals surface area contributed by atoms with Gasteiger partial charge in [0.05, 0.1) is 18.7 Å². The fourth-order valence-corrected chi connectivity index (χ4v) is 1.22. The molecule has 4 heteroatoms. The molecule has 1 fully saturated rings. The molecular formula is C9H8FNO2. The lowest BCUT2D eigenvalue weighted by atomic mass is 10.3. The van der Waals surface area contributed by atoms with E-state index >= 15 is 0 Å². The molecule has 0 aliphatic carbocycles. The molecule has 1 aromatic carbocycles. The van der Waals surface area contributed by atoms with E-state index < -0.39 is 0 Å². The molecule has 1 aromatic rings. The predicted octanol–water partition coefficient (Wildman–Crippen LogP) is 1.49. The highest BCUT2D eigenvalue weighted by atomic mass is 19.1. The second kappa shape index (κ2) is 3.14. The predicted molar refractivity (Wildman–Crippen MR) is 44.5 cm³/mol. The zero-order chi connectivity index (χ0) is 9.26. The number of carbonyl (C=O) groups excluding carboxylic acids is 1. The highest BCUT2D eigenvalue weighted by Gasteiger charge is 2.23. The number of hydroxylamine groups is 1. The molecule has 2 rings (SSSR count). The van der Waals surface area contributed by atoms with Gasteiger partial charge in [-0.1, -0.05) is 6.07 Å². The van der Waals surface area contributed by atoms with E-state index in [2.05, 4.69) is 0 Å². The summed E-state index contributed by atoms with van der Waals surface area (Å²) in [6.07, 6.45) is 0.358. The number of anilines is 1. The first-order valence-electron chi connectivity index (χ1n) is 3.99. The van der Waals surface area contributed by atoms with Crippen molar-refractivity contribution in [1.29, 1.82) is 0 Å². The summed E-state index contributed by atoms with van der Waals surface area (Å²) in [5, 5.41) is 1.13. The maximum Gasteiger partial charge on any atom is 0.253 e. The summed E-state index contributed by atoms with van der Waals surface area (Å²) >= 11 is 0. The third kappa shape index (κ3) is 1.53. The Balaban J connectivity index is 2.29. The summed E-state index contributed by atoms with van der Waals surface area (Å²) in [5.41, 5.74) is 0.447. The second-order valence-corrected chi connectivity index (χ2v) is 2.75. The standard InChI is InChI=1S/C9H8FNO2/c10-7-2-1-3-8(6-7)11-9(12)4-5-13-11/h1-3,6H,4-5H2. The zero-order valence-corrected chi connectivity index (χ0v) is 6.87. The van der Waals surface area contributed by atoms with Crippen LogP contribution in [0.15, 0.2) is 24.3 Å². The van der Waals surface area contributed by atoms with Gasteiger partial charge in [-0.3, -0.25) is 9.63 Å². The third-order valence-electron chi connectivity index (χ3n) is 1.81. The summed E-state index contributed by atoms with van der Waals surface area (Å²) in [4.78, 5) is 16.2. The number of carbonyl (C=O) groups is 1. The van der Waals surface area contributed by atoms with Crippen molar-refractivity contribution in [2.45, 2.75) is 6.42 Å². The molecule has 0 aromatic heterocycles. The van der Waals surface area contributed by atoms with Gasteiger partial charge in [0.2, 0.25) is 0 Å². The molecule has 13 heavy (non-hydrogen) atoms. The first-order chi connectivity index (χ1) is 6.27. The highest BCUT2D eigenvalue weighted by molar-refractivity contribution is 5.92. The van der Waals surface area contributed by atoms with Crippen molar-refractivity contribution in [2.24, 2.45) is 0 Å². The fraction of sp³-hybridized carbons (Fsp3) is 0.222. The smallest absolute Gasteiger partial charge is 0.253 e. The molecule has 1 aliphatic heterocycles. The molecular weight excluding hydrogens is 173 g/mol. The first-order valence-corrected chi connectivity index (χ1v) is 3.99. The Hall–Kier alpha value is -1.42. The normalized spacial score (nSPS) is 16.7. The van der Waals surface area contributed by atoms with Crippen LogP contribution < -0.4 is 5.06 Å². The molecule has 0 spiro atoms. The average Bonchev–Trinajstić information content (AvgIpc) is 2.51. The third-order valence-corrected chi connectivity index (χ3v) is 1.81. The van der Waals surface area contributed by atoms with Crippen molar-refractivity contribution in [2.75, 3.05) is 11.7 Å². The fourth-order valence-electron chi connectivity index (χ4n) is 1.22. The topological polar surface area (TPSA) is 29.5 Å². The van der Waals surface area contributed by atoms with Crippen molar-refractivity contribution in [1.82, 2.24) is 0 Å². The van der Waals surface area contributed by atoms with E-state index in [0.717, 1.165) is 5.06 Å². The van der Waals surface area contributed by atoms with Crippen LogP contribution in [0.2, 0.25) is 0 Å².